The van der Waals surface area contributed by atoms with Gasteiger partial charge in [-0.25, -0.2) is 19.9 Å². The van der Waals surface area contributed by atoms with Crippen molar-refractivity contribution in [2.24, 2.45) is 0 Å². The van der Waals surface area contributed by atoms with Crippen LogP contribution in [-0.4, -0.2) is 120 Å². The molecule has 2 aromatic heterocycles. The zero-order valence-corrected chi connectivity index (χ0v) is 30.9. The lowest BCUT2D eigenvalue weighted by Crippen LogP contribution is -2.56. The smallest absolute Gasteiger partial charge is 0.399 e. The lowest BCUT2D eigenvalue weighted by molar-refractivity contribution is -0.158. The van der Waals surface area contributed by atoms with Gasteiger partial charge in [-0.2, -0.15) is 0 Å². The average molecular weight is 754 g/mol. The van der Waals surface area contributed by atoms with Gasteiger partial charge >= 0.3 is 30.7 Å². The Hall–Kier alpha value is -3.50. The fourth-order valence-electron chi connectivity index (χ4n) is 7.12. The molecule has 0 N–H and O–H groups in total. The summed E-state index contributed by atoms with van der Waals surface area (Å²) in [5.41, 5.74) is -0.120. The summed E-state index contributed by atoms with van der Waals surface area (Å²) < 4.78 is 12.8. The van der Waals surface area contributed by atoms with Gasteiger partial charge in [-0.15, -0.1) is 0 Å². The summed E-state index contributed by atoms with van der Waals surface area (Å²) in [7, 11) is -0.521. The molecule has 0 spiro atoms. The predicted molar refractivity (Wildman–Crippen MR) is 186 cm³/mol. The third-order valence-corrected chi connectivity index (χ3v) is 11.2. The monoisotopic (exact) mass is 752 g/mol. The topological polar surface area (TPSA) is 151 Å². The van der Waals surface area contributed by atoms with E-state index in [4.69, 9.17) is 9.31 Å². The molecule has 50 heavy (non-hydrogen) atoms. The number of amides is 4. The molecule has 0 atom stereocenters. The highest BCUT2D eigenvalue weighted by molar-refractivity contribution is 9.10. The van der Waals surface area contributed by atoms with Gasteiger partial charge in [0.1, 0.15) is 11.6 Å². The Labute approximate surface area is 302 Å². The molecule has 5 heterocycles. The Morgan fingerprint density at radius 2 is 1.02 bits per heavy atom. The van der Waals surface area contributed by atoms with Crippen LogP contribution in [0.2, 0.25) is 0 Å². The number of hydrogen-bond donors (Lipinski definition) is 0. The number of hydrogen-bond acceptors (Lipinski definition) is 10. The Morgan fingerprint density at radius 1 is 0.640 bits per heavy atom. The number of nitrogens with zero attached hydrogens (tertiary/aromatic N) is 8. The third-order valence-electron chi connectivity index (χ3n) is 10.8. The molecule has 3 saturated heterocycles. The van der Waals surface area contributed by atoms with Crippen LogP contribution >= 0.6 is 15.9 Å². The highest BCUT2D eigenvalue weighted by atomic mass is 79.9. The van der Waals surface area contributed by atoms with E-state index in [-0.39, 0.29) is 31.1 Å². The SMILES string of the molecule is CC1(C)OB(c2cnc(CN3CCN(C4CCCC4)C(=O)C3=O)nc2)OC1(C)C.O=C1C(=O)N(C2CCCC2)CCN1Cc1ncc(Br)cn1. The maximum atomic E-state index is 12.6. The molecule has 14 nitrogen and oxygen atoms in total. The van der Waals surface area contributed by atoms with Crippen molar-refractivity contribution in [1.82, 2.24) is 39.5 Å². The summed E-state index contributed by atoms with van der Waals surface area (Å²) in [6.45, 7) is 10.8. The zero-order chi connectivity index (χ0) is 35.6. The summed E-state index contributed by atoms with van der Waals surface area (Å²) in [6, 6.07) is 0.483. The van der Waals surface area contributed by atoms with Gasteiger partial charge in [0.25, 0.3) is 0 Å². The fourth-order valence-corrected chi connectivity index (χ4v) is 7.32. The predicted octanol–water partition coefficient (Wildman–Crippen LogP) is 2.24. The number of carbonyl (C=O) groups excluding carboxylic acids is 4. The number of carbonyl (C=O) groups is 4. The van der Waals surface area contributed by atoms with Gasteiger partial charge in [0.05, 0.1) is 28.8 Å². The molecule has 2 saturated carbocycles. The normalized spacial score (nSPS) is 22.9. The molecule has 7 rings (SSSR count). The van der Waals surface area contributed by atoms with Crippen LogP contribution in [0.15, 0.2) is 29.3 Å². The molecule has 16 heteroatoms. The number of halogens is 1. The third kappa shape index (κ3) is 7.86. The Morgan fingerprint density at radius 3 is 1.42 bits per heavy atom. The van der Waals surface area contributed by atoms with E-state index in [9.17, 15) is 19.2 Å². The number of rotatable bonds is 7. The van der Waals surface area contributed by atoms with Crippen LogP contribution in [0.5, 0.6) is 0 Å². The van der Waals surface area contributed by atoms with Crippen LogP contribution in [0, 0.1) is 0 Å². The molecule has 5 aliphatic rings. The molecule has 268 valence electrons. The molecule has 3 aliphatic heterocycles. The van der Waals surface area contributed by atoms with E-state index in [1.807, 2.05) is 27.7 Å². The van der Waals surface area contributed by atoms with Gasteiger partial charge in [-0.1, -0.05) is 25.7 Å². The van der Waals surface area contributed by atoms with E-state index < -0.39 is 36.0 Å². The maximum absolute atomic E-state index is 12.6. The minimum atomic E-state index is -0.521. The van der Waals surface area contributed by atoms with Crippen LogP contribution in [-0.2, 0) is 41.6 Å². The zero-order valence-electron chi connectivity index (χ0n) is 29.3. The van der Waals surface area contributed by atoms with Crippen molar-refractivity contribution in [2.45, 2.75) is 115 Å². The summed E-state index contributed by atoms with van der Waals surface area (Å²) in [6.07, 6.45) is 15.3. The lowest BCUT2D eigenvalue weighted by Gasteiger charge is -2.36. The quantitative estimate of drug-likeness (QED) is 0.304. The first-order valence-corrected chi connectivity index (χ1v) is 18.4. The minimum absolute atomic E-state index is 0.226. The van der Waals surface area contributed by atoms with Gasteiger partial charge in [-0.3, -0.25) is 19.2 Å². The molecule has 0 radical (unpaired) electrons. The molecule has 4 amide bonds. The van der Waals surface area contributed by atoms with E-state index in [0.717, 1.165) is 61.3 Å². The summed E-state index contributed by atoms with van der Waals surface area (Å²) in [4.78, 5) is 73.2. The van der Waals surface area contributed by atoms with Crippen LogP contribution < -0.4 is 5.46 Å². The van der Waals surface area contributed by atoms with Crippen LogP contribution in [0.4, 0.5) is 0 Å². The summed E-state index contributed by atoms with van der Waals surface area (Å²) >= 11 is 3.27. The van der Waals surface area contributed by atoms with Gasteiger partial charge < -0.3 is 28.9 Å². The van der Waals surface area contributed by atoms with Crippen molar-refractivity contribution in [3.8, 4) is 0 Å². The first-order chi connectivity index (χ1) is 23.8. The summed E-state index contributed by atoms with van der Waals surface area (Å²) in [5, 5.41) is 0. The van der Waals surface area contributed by atoms with Gasteiger partial charge in [0, 0.05) is 68.5 Å². The van der Waals surface area contributed by atoms with Crippen LogP contribution in [0.1, 0.15) is 90.7 Å². The average Bonchev–Trinajstić information content (AvgIpc) is 3.86. The Bertz CT molecular complexity index is 1550. The molecule has 2 aliphatic carbocycles. The maximum Gasteiger partial charge on any atom is 0.498 e. The molecular formula is C34H46BBrN8O6. The molecule has 0 bridgehead atoms. The van der Waals surface area contributed by atoms with E-state index >= 15 is 0 Å². The van der Waals surface area contributed by atoms with Crippen molar-refractivity contribution in [3.63, 3.8) is 0 Å². The Balaban J connectivity index is 0.000000182. The lowest BCUT2D eigenvalue weighted by atomic mass is 9.81. The van der Waals surface area contributed by atoms with E-state index in [0.29, 0.717) is 37.8 Å². The van der Waals surface area contributed by atoms with Crippen LogP contribution in [0.25, 0.3) is 0 Å². The second-order valence-corrected chi connectivity index (χ2v) is 15.6. The van der Waals surface area contributed by atoms with E-state index in [1.165, 1.54) is 9.80 Å². The standard InChI is InChI=1S/C20H29BN4O4.C14H17BrN4O2/c1-19(2)20(3,4)29-21(28-19)14-11-22-16(23-12-14)13-24-9-10-25(18(27)17(24)26)15-7-5-6-8-15;15-10-7-16-12(17-8-10)9-18-5-6-19(14(21)13(18)20)11-3-1-2-4-11/h11-12,15H,5-10,13H2,1-4H3;7-8,11H,1-6,9H2. The van der Waals surface area contributed by atoms with Gasteiger partial charge in [0.15, 0.2) is 0 Å². The highest BCUT2D eigenvalue weighted by Crippen LogP contribution is 2.36. The van der Waals surface area contributed by atoms with Crippen LogP contribution in [0.3, 0.4) is 0 Å². The van der Waals surface area contributed by atoms with Gasteiger partial charge in [-0.05, 0) is 69.3 Å². The molecule has 0 unspecified atom stereocenters. The Kier molecular flexibility index (Phi) is 10.9. The van der Waals surface area contributed by atoms with Crippen molar-refractivity contribution in [1.29, 1.82) is 0 Å². The number of aromatic nitrogens is 4. The molecular weight excluding hydrogens is 707 g/mol. The van der Waals surface area contributed by atoms with E-state index in [1.54, 1.807) is 34.6 Å². The molecule has 5 fully saturated rings. The molecule has 0 aromatic carbocycles. The molecule has 2 aromatic rings. The first kappa shape index (κ1) is 36.3. The van der Waals surface area contributed by atoms with Crippen molar-refractivity contribution < 1.29 is 28.5 Å². The second-order valence-electron chi connectivity index (χ2n) is 14.7. The van der Waals surface area contributed by atoms with Crippen molar-refractivity contribution >= 4 is 52.1 Å². The fraction of sp³-hybridized carbons (Fsp3) is 0.647. The van der Waals surface area contributed by atoms with Crippen molar-refractivity contribution in [2.75, 3.05) is 26.2 Å². The first-order valence-electron chi connectivity index (χ1n) is 17.7. The van der Waals surface area contributed by atoms with Crippen molar-refractivity contribution in [3.05, 3.63) is 40.9 Å². The largest absolute Gasteiger partial charge is 0.498 e. The van der Waals surface area contributed by atoms with Gasteiger partial charge in [0.2, 0.25) is 0 Å². The summed E-state index contributed by atoms with van der Waals surface area (Å²) in [5.74, 6) is -0.599. The number of piperazine rings is 2. The second kappa shape index (κ2) is 15.0. The van der Waals surface area contributed by atoms with E-state index in [2.05, 4.69) is 35.9 Å². The minimum Gasteiger partial charge on any atom is -0.399 e. The highest BCUT2D eigenvalue weighted by Gasteiger charge is 2.52.